The van der Waals surface area contributed by atoms with Crippen LogP contribution in [0.3, 0.4) is 0 Å². The first-order chi connectivity index (χ1) is 17.6. The molecule has 36 heavy (non-hydrogen) atoms. The Morgan fingerprint density at radius 3 is 3.03 bits per heavy atom. The highest BCUT2D eigenvalue weighted by Gasteiger charge is 2.33. The zero-order valence-electron chi connectivity index (χ0n) is 19.7. The lowest BCUT2D eigenvalue weighted by Crippen LogP contribution is -2.37. The number of amides is 2. The molecule has 0 bridgehead atoms. The number of carbonyl (C=O) groups excluding carboxylic acids is 2. The third-order valence-corrected chi connectivity index (χ3v) is 7.74. The summed E-state index contributed by atoms with van der Waals surface area (Å²) in [5.41, 5.74) is 5.34. The lowest BCUT2D eigenvalue weighted by Gasteiger charge is -2.27. The molecule has 3 N–H and O–H groups in total. The fourth-order valence-electron chi connectivity index (χ4n) is 4.86. The van der Waals surface area contributed by atoms with Crippen molar-refractivity contribution in [3.05, 3.63) is 42.1 Å². The summed E-state index contributed by atoms with van der Waals surface area (Å²) in [6.45, 7) is 2.62. The summed E-state index contributed by atoms with van der Waals surface area (Å²) in [6, 6.07) is 9.42. The van der Waals surface area contributed by atoms with Crippen molar-refractivity contribution < 1.29 is 19.1 Å². The normalized spacial score (nSPS) is 20.9. The van der Waals surface area contributed by atoms with Crippen LogP contribution in [0, 0.1) is 5.92 Å². The van der Waals surface area contributed by atoms with Crippen molar-refractivity contribution in [2.75, 3.05) is 54.6 Å². The second-order valence-electron chi connectivity index (χ2n) is 9.11. The average Bonchev–Trinajstić information content (AvgIpc) is 3.27. The molecule has 3 aliphatic heterocycles. The number of benzene rings is 1. The molecule has 0 aliphatic carbocycles. The molecule has 2 unspecified atom stereocenters. The Morgan fingerprint density at radius 2 is 2.14 bits per heavy atom. The maximum Gasteiger partial charge on any atom is 0.414 e. The van der Waals surface area contributed by atoms with E-state index in [0.717, 1.165) is 58.1 Å². The van der Waals surface area contributed by atoms with Gasteiger partial charge in [-0.1, -0.05) is 0 Å². The Morgan fingerprint density at radius 1 is 1.22 bits per heavy atom. The smallest absolute Gasteiger partial charge is 0.414 e. The first-order valence-corrected chi connectivity index (χ1v) is 12.9. The Hall–Kier alpha value is -3.57. The van der Waals surface area contributed by atoms with Gasteiger partial charge >= 0.3 is 6.09 Å². The Balaban J connectivity index is 1.06. The van der Waals surface area contributed by atoms with Crippen LogP contribution in [0.25, 0.3) is 11.0 Å². The van der Waals surface area contributed by atoms with Crippen molar-refractivity contribution in [3.8, 4) is 5.88 Å². The standard InChI is InChI=1S/C25H26N6O4S/c1-34-23-5-3-18-24(30-23)17-6-14(9-27-20(17)11-28-18)8-26-10-16-12-31(25(33)35-16)15-2-4-21-19(7-15)29-22(32)13-36-21/h2-5,7,11,14,16,26-27H,6,8-10,12-13H2,1H3,(H,29,32). The highest BCUT2D eigenvalue weighted by Crippen LogP contribution is 2.35. The summed E-state index contributed by atoms with van der Waals surface area (Å²) in [4.78, 5) is 36.0. The molecule has 2 amide bonds. The number of rotatable bonds is 6. The molecule has 2 aromatic heterocycles. The van der Waals surface area contributed by atoms with Crippen LogP contribution in [0.2, 0.25) is 0 Å². The van der Waals surface area contributed by atoms with Gasteiger partial charge < -0.3 is 25.4 Å². The number of thioether (sulfide) groups is 1. The molecule has 3 aliphatic rings. The monoisotopic (exact) mass is 506 g/mol. The molecule has 5 heterocycles. The van der Waals surface area contributed by atoms with Gasteiger partial charge in [0.1, 0.15) is 6.10 Å². The quantitative estimate of drug-likeness (QED) is 0.464. The summed E-state index contributed by atoms with van der Waals surface area (Å²) in [7, 11) is 1.61. The first-order valence-electron chi connectivity index (χ1n) is 11.9. The molecule has 1 fully saturated rings. The summed E-state index contributed by atoms with van der Waals surface area (Å²) < 4.78 is 10.9. The predicted octanol–water partition coefficient (Wildman–Crippen LogP) is 2.88. The summed E-state index contributed by atoms with van der Waals surface area (Å²) >= 11 is 1.50. The predicted molar refractivity (Wildman–Crippen MR) is 138 cm³/mol. The van der Waals surface area contributed by atoms with E-state index in [9.17, 15) is 9.59 Å². The van der Waals surface area contributed by atoms with E-state index in [1.165, 1.54) is 11.8 Å². The van der Waals surface area contributed by atoms with Crippen LogP contribution in [-0.4, -0.2) is 67.1 Å². The molecule has 10 nitrogen and oxygen atoms in total. The summed E-state index contributed by atoms with van der Waals surface area (Å²) in [5, 5.41) is 9.83. The van der Waals surface area contributed by atoms with Crippen LogP contribution < -0.4 is 25.6 Å². The van der Waals surface area contributed by atoms with Crippen LogP contribution in [0.1, 0.15) is 5.56 Å². The van der Waals surface area contributed by atoms with Crippen molar-refractivity contribution in [1.82, 2.24) is 15.3 Å². The number of hydrogen-bond donors (Lipinski definition) is 3. The lowest BCUT2D eigenvalue weighted by atomic mass is 9.93. The van der Waals surface area contributed by atoms with E-state index in [1.807, 2.05) is 36.5 Å². The number of methoxy groups -OCH3 is 1. The maximum absolute atomic E-state index is 12.5. The number of nitrogens with zero attached hydrogens (tertiary/aromatic N) is 3. The van der Waals surface area contributed by atoms with Gasteiger partial charge in [-0.2, -0.15) is 0 Å². The van der Waals surface area contributed by atoms with Crippen molar-refractivity contribution in [2.24, 2.45) is 5.92 Å². The fourth-order valence-corrected chi connectivity index (χ4v) is 5.65. The van der Waals surface area contributed by atoms with Crippen LogP contribution in [0.15, 0.2) is 41.4 Å². The number of hydrogen-bond acceptors (Lipinski definition) is 9. The number of aromatic nitrogens is 2. The van der Waals surface area contributed by atoms with Crippen LogP contribution in [-0.2, 0) is 16.0 Å². The fraction of sp³-hybridized carbons (Fsp3) is 0.360. The topological polar surface area (TPSA) is 118 Å². The van der Waals surface area contributed by atoms with E-state index in [1.54, 1.807) is 12.0 Å². The second-order valence-corrected chi connectivity index (χ2v) is 10.1. The average molecular weight is 507 g/mol. The van der Waals surface area contributed by atoms with Gasteiger partial charge in [0.2, 0.25) is 11.8 Å². The molecule has 6 rings (SSSR count). The molecule has 11 heteroatoms. The molecule has 0 spiro atoms. The summed E-state index contributed by atoms with van der Waals surface area (Å²) in [5.74, 6) is 1.30. The lowest BCUT2D eigenvalue weighted by molar-refractivity contribution is -0.113. The molecule has 0 saturated carbocycles. The van der Waals surface area contributed by atoms with Crippen LogP contribution in [0.5, 0.6) is 5.88 Å². The Labute approximate surface area is 212 Å². The minimum Gasteiger partial charge on any atom is -0.481 e. The second kappa shape index (κ2) is 9.47. The maximum atomic E-state index is 12.5. The first kappa shape index (κ1) is 22.9. The number of pyridine rings is 2. The molecular formula is C25H26N6O4S. The van der Waals surface area contributed by atoms with Crippen molar-refractivity contribution in [3.63, 3.8) is 0 Å². The zero-order chi connectivity index (χ0) is 24.6. The third kappa shape index (κ3) is 4.40. The van der Waals surface area contributed by atoms with E-state index in [4.69, 9.17) is 9.47 Å². The van der Waals surface area contributed by atoms with E-state index in [2.05, 4.69) is 25.9 Å². The van der Waals surface area contributed by atoms with E-state index in [0.29, 0.717) is 30.6 Å². The molecule has 2 atom stereocenters. The number of carbonyl (C=O) groups is 2. The number of ether oxygens (including phenoxy) is 2. The zero-order valence-corrected chi connectivity index (χ0v) is 20.6. The summed E-state index contributed by atoms with van der Waals surface area (Å²) in [6.07, 6.45) is 2.11. The molecule has 1 saturated heterocycles. The van der Waals surface area contributed by atoms with Crippen LogP contribution >= 0.6 is 11.8 Å². The molecule has 1 aromatic carbocycles. The Kier molecular flexibility index (Phi) is 6.02. The van der Waals surface area contributed by atoms with Gasteiger partial charge in [0.15, 0.2) is 0 Å². The largest absolute Gasteiger partial charge is 0.481 e. The molecule has 0 radical (unpaired) electrons. The van der Waals surface area contributed by atoms with Gasteiger partial charge in [0, 0.05) is 41.8 Å². The number of fused-ring (bicyclic) bond motifs is 4. The minimum absolute atomic E-state index is 0.0327. The van der Waals surface area contributed by atoms with Crippen molar-refractivity contribution >= 4 is 51.9 Å². The van der Waals surface area contributed by atoms with Gasteiger partial charge in [-0.25, -0.2) is 9.78 Å². The molecule has 186 valence electrons. The van der Waals surface area contributed by atoms with Crippen LogP contribution in [0.4, 0.5) is 21.9 Å². The highest BCUT2D eigenvalue weighted by atomic mass is 32.2. The van der Waals surface area contributed by atoms with E-state index >= 15 is 0 Å². The van der Waals surface area contributed by atoms with Gasteiger partial charge in [0.05, 0.1) is 48.0 Å². The number of cyclic esters (lactones) is 1. The van der Waals surface area contributed by atoms with E-state index in [-0.39, 0.29) is 18.1 Å². The Bertz CT molecular complexity index is 1350. The third-order valence-electron chi connectivity index (χ3n) is 6.66. The molecule has 3 aromatic rings. The SMILES string of the molecule is COc1ccc2ncc3c(c2n1)CC(CNCC1CN(c2ccc4c(c2)NC(=O)CS4)C(=O)O1)CN3. The number of anilines is 3. The highest BCUT2D eigenvalue weighted by molar-refractivity contribution is 8.00. The van der Waals surface area contributed by atoms with Crippen molar-refractivity contribution in [2.45, 2.75) is 17.4 Å². The minimum atomic E-state index is -0.371. The van der Waals surface area contributed by atoms with E-state index < -0.39 is 0 Å². The van der Waals surface area contributed by atoms with Gasteiger partial charge in [-0.05, 0) is 36.6 Å². The van der Waals surface area contributed by atoms with Gasteiger partial charge in [-0.15, -0.1) is 11.8 Å². The molecular weight excluding hydrogens is 480 g/mol. The van der Waals surface area contributed by atoms with Gasteiger partial charge in [-0.3, -0.25) is 14.7 Å². The number of nitrogens with one attached hydrogen (secondary N) is 3. The van der Waals surface area contributed by atoms with Crippen molar-refractivity contribution in [1.29, 1.82) is 0 Å². The van der Waals surface area contributed by atoms with Gasteiger partial charge in [0.25, 0.3) is 0 Å².